The Morgan fingerprint density at radius 1 is 0.618 bits per heavy atom. The summed E-state index contributed by atoms with van der Waals surface area (Å²) in [4.78, 5) is 26.3. The first-order valence-corrected chi connectivity index (χ1v) is 19.0. The van der Waals surface area contributed by atoms with Crippen molar-refractivity contribution in [3.8, 4) is 11.5 Å². The Bertz CT molecular complexity index is 2040. The van der Waals surface area contributed by atoms with Gasteiger partial charge in [-0.15, -0.1) is 10.2 Å². The van der Waals surface area contributed by atoms with Gasteiger partial charge in [-0.3, -0.25) is 0 Å². The molecule has 0 radical (unpaired) electrons. The van der Waals surface area contributed by atoms with Crippen molar-refractivity contribution in [2.75, 3.05) is 31.2 Å². The Morgan fingerprint density at radius 2 is 1.16 bits per heavy atom. The average Bonchev–Trinajstić information content (AvgIpc) is 3.23. The molecule has 284 valence electrons. The van der Waals surface area contributed by atoms with Crippen molar-refractivity contribution >= 4 is 51.1 Å². The third kappa shape index (κ3) is 12.5. The first-order valence-electron chi connectivity index (χ1n) is 19.0. The van der Waals surface area contributed by atoms with Crippen LogP contribution in [0.2, 0.25) is 0 Å². The maximum atomic E-state index is 12.8. The summed E-state index contributed by atoms with van der Waals surface area (Å²) in [7, 11) is 0. The van der Waals surface area contributed by atoms with Gasteiger partial charge in [0.05, 0.1) is 41.5 Å². The van der Waals surface area contributed by atoms with E-state index in [-0.39, 0.29) is 0 Å². The number of fused-ring (bicyclic) bond motifs is 1. The summed E-state index contributed by atoms with van der Waals surface area (Å²) >= 11 is 0. The molecule has 10 nitrogen and oxygen atoms in total. The second kappa shape index (κ2) is 21.5. The van der Waals surface area contributed by atoms with Crippen LogP contribution in [-0.4, -0.2) is 38.2 Å². The number of benzene rings is 5. The van der Waals surface area contributed by atoms with Crippen molar-refractivity contribution in [1.82, 2.24) is 0 Å². The zero-order valence-electron chi connectivity index (χ0n) is 31.7. The average molecular weight is 740 g/mol. The predicted octanol–water partition coefficient (Wildman–Crippen LogP) is 12.6. The molecular weight excluding hydrogens is 691 g/mol. The molecule has 10 heteroatoms. The molecule has 5 aromatic carbocycles. The van der Waals surface area contributed by atoms with Crippen LogP contribution in [-0.2, 0) is 9.53 Å². The molecule has 0 spiro atoms. The van der Waals surface area contributed by atoms with E-state index >= 15 is 0 Å². The smallest absolute Gasteiger partial charge is 0.343 e. The van der Waals surface area contributed by atoms with Crippen molar-refractivity contribution in [2.45, 2.75) is 58.8 Å². The fourth-order valence-corrected chi connectivity index (χ4v) is 5.70. The van der Waals surface area contributed by atoms with Gasteiger partial charge in [0, 0.05) is 35.6 Å². The van der Waals surface area contributed by atoms with E-state index in [1.54, 1.807) is 48.5 Å². The number of rotatable bonds is 21. The van der Waals surface area contributed by atoms with Gasteiger partial charge in [-0.2, -0.15) is 10.2 Å². The molecule has 0 aliphatic rings. The van der Waals surface area contributed by atoms with Crippen LogP contribution < -0.4 is 14.4 Å². The standard InChI is InChI=1S/C45H49N5O5/c1-4-7-30-50(31-8-5-2)37-22-18-35(19-23-37)46-48-42-28-29-43(41-15-11-10-14-40(41)42)49-47-36-20-26-39(27-21-36)55-45(52)34-16-24-38(25-17-34)53-32-12-9-13-33-54-44(51)6-3/h6,10-11,14-29H,3-5,7-9,12-13,30-33H2,1-2H3. The molecule has 0 aromatic heterocycles. The van der Waals surface area contributed by atoms with E-state index in [0.29, 0.717) is 41.7 Å². The van der Waals surface area contributed by atoms with Gasteiger partial charge in [-0.1, -0.05) is 57.5 Å². The predicted molar refractivity (Wildman–Crippen MR) is 219 cm³/mol. The Morgan fingerprint density at radius 3 is 1.73 bits per heavy atom. The number of ether oxygens (including phenoxy) is 3. The van der Waals surface area contributed by atoms with Gasteiger partial charge in [0.15, 0.2) is 0 Å². The molecule has 0 N–H and O–H groups in total. The minimum atomic E-state index is -0.479. The van der Waals surface area contributed by atoms with E-state index < -0.39 is 11.9 Å². The molecule has 0 atom stereocenters. The van der Waals surface area contributed by atoms with Crippen LogP contribution in [0, 0.1) is 0 Å². The van der Waals surface area contributed by atoms with Gasteiger partial charge in [0.2, 0.25) is 0 Å². The van der Waals surface area contributed by atoms with Crippen LogP contribution >= 0.6 is 0 Å². The van der Waals surface area contributed by atoms with Crippen molar-refractivity contribution in [3.05, 3.63) is 127 Å². The Labute approximate surface area is 323 Å². The van der Waals surface area contributed by atoms with E-state index in [1.807, 2.05) is 48.5 Å². The lowest BCUT2D eigenvalue weighted by molar-refractivity contribution is -0.137. The maximum Gasteiger partial charge on any atom is 0.343 e. The first-order chi connectivity index (χ1) is 27.0. The SMILES string of the molecule is C=CC(=O)OCCCCCOc1ccc(C(=O)Oc2ccc(N=Nc3ccc(N=Nc4ccc(N(CCCC)CCCC)cc4)c4ccccc34)cc2)cc1. The zero-order chi connectivity index (χ0) is 38.7. The number of azo groups is 2. The van der Waals surface area contributed by atoms with Crippen molar-refractivity contribution < 1.29 is 23.8 Å². The number of carbonyl (C=O) groups is 2. The molecule has 5 rings (SSSR count). The highest BCUT2D eigenvalue weighted by atomic mass is 16.5. The molecular formula is C45H49N5O5. The lowest BCUT2D eigenvalue weighted by Crippen LogP contribution is -2.25. The molecule has 0 heterocycles. The van der Waals surface area contributed by atoms with Gasteiger partial charge in [-0.25, -0.2) is 9.59 Å². The molecule has 0 aliphatic carbocycles. The second-order valence-electron chi connectivity index (χ2n) is 12.9. The Kier molecular flexibility index (Phi) is 15.7. The first kappa shape index (κ1) is 40.0. The second-order valence-corrected chi connectivity index (χ2v) is 12.9. The third-order valence-corrected chi connectivity index (χ3v) is 8.81. The van der Waals surface area contributed by atoms with E-state index in [9.17, 15) is 9.59 Å². The molecule has 0 amide bonds. The summed E-state index contributed by atoms with van der Waals surface area (Å²) in [6.07, 6.45) is 8.29. The van der Waals surface area contributed by atoms with E-state index in [2.05, 4.69) is 57.9 Å². The number of esters is 2. The quantitative estimate of drug-likeness (QED) is 0.0243. The van der Waals surface area contributed by atoms with Crippen LogP contribution in [0.15, 0.2) is 142 Å². The van der Waals surface area contributed by atoms with Crippen LogP contribution in [0.5, 0.6) is 11.5 Å². The van der Waals surface area contributed by atoms with Gasteiger partial charge in [-0.05, 0) is 117 Å². The Balaban J connectivity index is 1.14. The van der Waals surface area contributed by atoms with Gasteiger partial charge in [0.1, 0.15) is 11.5 Å². The number of unbranched alkanes of at least 4 members (excludes halogenated alkanes) is 4. The molecule has 5 aromatic rings. The summed E-state index contributed by atoms with van der Waals surface area (Å²) in [5.74, 6) is 0.157. The highest BCUT2D eigenvalue weighted by Gasteiger charge is 2.10. The van der Waals surface area contributed by atoms with Crippen LogP contribution in [0.4, 0.5) is 28.4 Å². The molecule has 0 fully saturated rings. The lowest BCUT2D eigenvalue weighted by Gasteiger charge is -2.24. The van der Waals surface area contributed by atoms with Crippen molar-refractivity contribution in [3.63, 3.8) is 0 Å². The number of anilines is 1. The van der Waals surface area contributed by atoms with Crippen LogP contribution in [0.1, 0.15) is 69.2 Å². The van der Waals surface area contributed by atoms with E-state index in [4.69, 9.17) is 14.2 Å². The minimum Gasteiger partial charge on any atom is -0.494 e. The molecule has 55 heavy (non-hydrogen) atoms. The largest absolute Gasteiger partial charge is 0.494 e. The van der Waals surface area contributed by atoms with E-state index in [1.165, 1.54) is 31.4 Å². The summed E-state index contributed by atoms with van der Waals surface area (Å²) in [6.45, 7) is 10.8. The van der Waals surface area contributed by atoms with Crippen molar-refractivity contribution in [1.29, 1.82) is 0 Å². The summed E-state index contributed by atoms with van der Waals surface area (Å²) in [5.41, 5.74) is 4.48. The summed E-state index contributed by atoms with van der Waals surface area (Å²) in [6, 6.07) is 33.7. The molecule has 0 bridgehead atoms. The monoisotopic (exact) mass is 739 g/mol. The number of carbonyl (C=O) groups excluding carboxylic acids is 2. The molecule has 0 saturated carbocycles. The third-order valence-electron chi connectivity index (χ3n) is 8.81. The zero-order valence-corrected chi connectivity index (χ0v) is 31.7. The number of nitrogens with zero attached hydrogens (tertiary/aromatic N) is 5. The lowest BCUT2D eigenvalue weighted by atomic mass is 10.1. The van der Waals surface area contributed by atoms with Gasteiger partial charge < -0.3 is 19.1 Å². The maximum absolute atomic E-state index is 12.8. The highest BCUT2D eigenvalue weighted by Crippen LogP contribution is 2.35. The molecule has 0 saturated heterocycles. The van der Waals surface area contributed by atoms with Crippen molar-refractivity contribution in [2.24, 2.45) is 20.5 Å². The van der Waals surface area contributed by atoms with Gasteiger partial charge >= 0.3 is 11.9 Å². The summed E-state index contributed by atoms with van der Waals surface area (Å²) < 4.78 is 16.3. The van der Waals surface area contributed by atoms with E-state index in [0.717, 1.165) is 60.6 Å². The topological polar surface area (TPSA) is 115 Å². The highest BCUT2D eigenvalue weighted by molar-refractivity contribution is 5.99. The normalized spacial score (nSPS) is 11.2. The fraction of sp³-hybridized carbons (Fsp3) is 0.289. The summed E-state index contributed by atoms with van der Waals surface area (Å²) in [5, 5.41) is 20.0. The minimum absolute atomic E-state index is 0.365. The fourth-order valence-electron chi connectivity index (χ4n) is 5.70. The van der Waals surface area contributed by atoms with Crippen LogP contribution in [0.3, 0.4) is 0 Å². The molecule has 0 aliphatic heterocycles. The molecule has 0 unspecified atom stereocenters. The Hall–Kier alpha value is -6.16. The number of hydrogen-bond donors (Lipinski definition) is 0. The van der Waals surface area contributed by atoms with Gasteiger partial charge in [0.25, 0.3) is 0 Å². The van der Waals surface area contributed by atoms with Crippen LogP contribution in [0.25, 0.3) is 10.8 Å². The number of hydrogen-bond acceptors (Lipinski definition) is 10.